The number of unbranched alkanes of at least 4 members (excludes halogenated alkanes) is 3. The zero-order valence-electron chi connectivity index (χ0n) is 6.85. The van der Waals surface area contributed by atoms with Gasteiger partial charge in [-0.15, -0.1) is 0 Å². The monoisotopic (exact) mass is 131 g/mol. The molecule has 9 heavy (non-hydrogen) atoms. The van der Waals surface area contributed by atoms with Crippen LogP contribution in [0.4, 0.5) is 0 Å². The fraction of sp³-hybridized carbons (Fsp3) is 0.857. The lowest BCUT2D eigenvalue weighted by Gasteiger charge is -1.92. The molecule has 0 spiro atoms. The van der Waals surface area contributed by atoms with E-state index in [2.05, 4.69) is 12.0 Å². The topological polar surface area (TPSA) is 37.3 Å². The van der Waals surface area contributed by atoms with Crippen molar-refractivity contribution in [1.29, 1.82) is 1.43 Å². The maximum absolute atomic E-state index is 10.4. The van der Waals surface area contributed by atoms with Crippen molar-refractivity contribution >= 4 is 5.97 Å². The molecule has 0 fully saturated rings. The number of carboxylic acids is 1. The van der Waals surface area contributed by atoms with Crippen molar-refractivity contribution < 1.29 is 9.90 Å². The Labute approximate surface area is 57.4 Å². The van der Waals surface area contributed by atoms with Crippen LogP contribution in [-0.2, 0) is 4.79 Å². The largest absolute Gasteiger partial charge is 0.481 e. The lowest BCUT2D eigenvalue weighted by atomic mass is 10.2. The number of carbonyl (C=O) groups is 1. The number of aliphatic carboxylic acids is 1. The summed E-state index contributed by atoms with van der Waals surface area (Å²) < 4.78 is 6.24. The van der Waals surface area contributed by atoms with Crippen LogP contribution < -0.4 is 0 Å². The normalized spacial score (nSPS) is 10.6. The van der Waals surface area contributed by atoms with E-state index < -0.39 is 5.97 Å². The summed E-state index contributed by atoms with van der Waals surface area (Å²) in [6.07, 6.45) is 4.63. The molecule has 0 unspecified atom stereocenters. The van der Waals surface area contributed by atoms with E-state index in [-0.39, 0.29) is 0 Å². The molecule has 0 radical (unpaired) electrons. The lowest BCUT2D eigenvalue weighted by molar-refractivity contribution is -0.137. The minimum Gasteiger partial charge on any atom is -0.481 e. The minimum absolute atomic E-state index is 0.392. The van der Waals surface area contributed by atoms with E-state index in [1.165, 1.54) is 0 Å². The Kier molecular flexibility index (Phi) is 4.10. The predicted octanol–water partition coefficient (Wildman–Crippen LogP) is 2.04. The predicted molar refractivity (Wildman–Crippen MR) is 36.4 cm³/mol. The molecule has 0 aliphatic carbocycles. The van der Waals surface area contributed by atoms with Crippen molar-refractivity contribution in [1.82, 2.24) is 0 Å². The maximum atomic E-state index is 10.4. The molecule has 2 nitrogen and oxygen atoms in total. The molecule has 1 N–H and O–H groups in total. The Morgan fingerprint density at radius 3 is 2.89 bits per heavy atom. The van der Waals surface area contributed by atoms with Gasteiger partial charge in [-0.1, -0.05) is 26.2 Å². The van der Waals surface area contributed by atoms with Crippen LogP contribution in [0.1, 0.15) is 39.0 Å². The average molecular weight is 131 g/mol. The standard InChI is InChI=1S/C7H14O2/c1-2-3-4-5-6-7(8)9/h2-6H2,1H3,(H,8,9)/i/hD. The first-order chi connectivity index (χ1) is 4.81. The van der Waals surface area contributed by atoms with Crippen molar-refractivity contribution in [3.05, 3.63) is 0 Å². The van der Waals surface area contributed by atoms with E-state index in [0.29, 0.717) is 6.42 Å². The third kappa shape index (κ3) is 7.47. The van der Waals surface area contributed by atoms with Crippen LogP contribution in [0.2, 0.25) is 0 Å². The van der Waals surface area contributed by atoms with Gasteiger partial charge in [-0.05, 0) is 6.42 Å². The van der Waals surface area contributed by atoms with Crippen LogP contribution in [0.5, 0.6) is 0 Å². The number of rotatable bonds is 5. The number of hydrogen-bond donors (Lipinski definition) is 1. The SMILES string of the molecule is [2H]OC(=O)CCCCCC. The highest BCUT2D eigenvalue weighted by Crippen LogP contribution is 2.01. The van der Waals surface area contributed by atoms with Gasteiger partial charge in [0.05, 0.1) is 0 Å². The van der Waals surface area contributed by atoms with Gasteiger partial charge in [-0.3, -0.25) is 4.79 Å². The van der Waals surface area contributed by atoms with Gasteiger partial charge in [0.25, 0.3) is 1.43 Å². The highest BCUT2D eigenvalue weighted by molar-refractivity contribution is 5.66. The summed E-state index contributed by atoms with van der Waals surface area (Å²) in [4.78, 5) is 10.4. The zero-order chi connectivity index (χ0) is 7.82. The molecule has 0 saturated heterocycles. The van der Waals surface area contributed by atoms with Crippen LogP contribution in [-0.4, -0.2) is 11.1 Å². The molecule has 0 saturated carbocycles. The van der Waals surface area contributed by atoms with E-state index in [4.69, 9.17) is 1.43 Å². The van der Waals surface area contributed by atoms with Gasteiger partial charge in [0, 0.05) is 6.42 Å². The molecular weight excluding hydrogens is 116 g/mol. The molecule has 0 bridgehead atoms. The molecule has 0 rings (SSSR count). The first kappa shape index (κ1) is 6.59. The molecule has 0 aromatic rings. The zero-order valence-corrected chi connectivity index (χ0v) is 5.85. The quantitative estimate of drug-likeness (QED) is 0.580. The van der Waals surface area contributed by atoms with E-state index in [1.807, 2.05) is 0 Å². The Morgan fingerprint density at radius 2 is 2.33 bits per heavy atom. The molecular formula is C7H14O2. The number of hydrogen-bond acceptors (Lipinski definition) is 2. The van der Waals surface area contributed by atoms with E-state index >= 15 is 0 Å². The van der Waals surface area contributed by atoms with E-state index in [0.717, 1.165) is 25.7 Å². The highest BCUT2D eigenvalue weighted by atomic mass is 16.4. The molecule has 54 valence electrons. The third-order valence-corrected chi connectivity index (χ3v) is 1.23. The van der Waals surface area contributed by atoms with E-state index in [9.17, 15) is 4.79 Å². The van der Waals surface area contributed by atoms with Crippen molar-refractivity contribution in [2.75, 3.05) is 0 Å². The van der Waals surface area contributed by atoms with Crippen molar-refractivity contribution in [3.63, 3.8) is 0 Å². The molecule has 2 heteroatoms. The van der Waals surface area contributed by atoms with Gasteiger partial charge in [0.2, 0.25) is 0 Å². The summed E-state index contributed by atoms with van der Waals surface area (Å²) >= 11 is 0. The molecule has 0 amide bonds. The first-order valence-corrected chi connectivity index (χ1v) is 3.47. The maximum Gasteiger partial charge on any atom is 0.303 e. The van der Waals surface area contributed by atoms with Crippen molar-refractivity contribution in [2.45, 2.75) is 39.0 Å². The fourth-order valence-electron chi connectivity index (χ4n) is 0.696. The smallest absolute Gasteiger partial charge is 0.303 e. The fourth-order valence-corrected chi connectivity index (χ4v) is 0.696. The first-order valence-electron chi connectivity index (χ1n) is 3.88. The van der Waals surface area contributed by atoms with Crippen LogP contribution in [0.25, 0.3) is 1.43 Å². The lowest BCUT2D eigenvalue weighted by Crippen LogP contribution is -1.92. The Bertz CT molecular complexity index is 93.6. The summed E-state index contributed by atoms with van der Waals surface area (Å²) in [6, 6.07) is 0. The summed E-state index contributed by atoms with van der Waals surface area (Å²) in [5, 5.41) is 3.74. The van der Waals surface area contributed by atoms with Crippen LogP contribution >= 0.6 is 0 Å². The third-order valence-electron chi connectivity index (χ3n) is 1.23. The van der Waals surface area contributed by atoms with Gasteiger partial charge in [0.15, 0.2) is 0 Å². The van der Waals surface area contributed by atoms with Gasteiger partial charge in [-0.25, -0.2) is 0 Å². The van der Waals surface area contributed by atoms with Gasteiger partial charge in [0.1, 0.15) is 0 Å². The average Bonchev–Trinajstić information content (AvgIpc) is 1.98. The molecule has 0 aliphatic heterocycles. The second kappa shape index (κ2) is 5.60. The molecule has 0 heterocycles. The Morgan fingerprint density at radius 1 is 1.56 bits per heavy atom. The molecule has 0 aromatic carbocycles. The van der Waals surface area contributed by atoms with Gasteiger partial charge in [-0.2, -0.15) is 0 Å². The Hall–Kier alpha value is -0.530. The van der Waals surface area contributed by atoms with Crippen LogP contribution in [0.3, 0.4) is 0 Å². The summed E-state index contributed by atoms with van der Waals surface area (Å²) in [5.74, 6) is -0.420. The summed E-state index contributed by atoms with van der Waals surface area (Å²) in [7, 11) is 0. The van der Waals surface area contributed by atoms with Gasteiger partial charge < -0.3 is 5.11 Å². The highest BCUT2D eigenvalue weighted by Gasteiger charge is 1.93. The van der Waals surface area contributed by atoms with Gasteiger partial charge >= 0.3 is 5.97 Å². The van der Waals surface area contributed by atoms with Crippen LogP contribution in [0, 0.1) is 0 Å². The second-order valence-electron chi connectivity index (χ2n) is 2.18. The van der Waals surface area contributed by atoms with E-state index in [1.54, 1.807) is 0 Å². The molecule has 0 aliphatic rings. The minimum atomic E-state index is -0.420. The van der Waals surface area contributed by atoms with Crippen LogP contribution in [0.15, 0.2) is 0 Å². The van der Waals surface area contributed by atoms with Crippen molar-refractivity contribution in [2.24, 2.45) is 0 Å². The van der Waals surface area contributed by atoms with Crippen molar-refractivity contribution in [3.8, 4) is 0 Å². The summed E-state index contributed by atoms with van der Waals surface area (Å²) in [6.45, 7) is 2.11. The molecule has 0 aromatic heterocycles. The number of carboxylic acid groups (broad SMARTS) is 1. The Balaban J connectivity index is 2.96. The summed E-state index contributed by atoms with van der Waals surface area (Å²) in [5.41, 5.74) is 0. The second-order valence-corrected chi connectivity index (χ2v) is 2.18. The molecule has 0 atom stereocenters.